The highest BCUT2D eigenvalue weighted by Crippen LogP contribution is 2.19. The van der Waals surface area contributed by atoms with E-state index >= 15 is 0 Å². The van der Waals surface area contributed by atoms with Gasteiger partial charge in [-0.1, -0.05) is 12.1 Å². The van der Waals surface area contributed by atoms with E-state index in [-0.39, 0.29) is 40.7 Å². The topological polar surface area (TPSA) is 117 Å². The summed E-state index contributed by atoms with van der Waals surface area (Å²) in [6.07, 6.45) is 2.39. The maximum atomic E-state index is 11.8. The highest BCUT2D eigenvalue weighted by atomic mass is 127. The molecule has 1 amide bonds. The molecule has 27 heavy (non-hydrogen) atoms. The molecule has 10 heteroatoms. The summed E-state index contributed by atoms with van der Waals surface area (Å²) in [7, 11) is -0.312. The van der Waals surface area contributed by atoms with E-state index < -0.39 is 10.0 Å². The fourth-order valence-corrected chi connectivity index (χ4v) is 3.86. The van der Waals surface area contributed by atoms with Gasteiger partial charge in [0.25, 0.3) is 0 Å². The van der Waals surface area contributed by atoms with Crippen LogP contribution in [0.25, 0.3) is 0 Å². The molecule has 1 aromatic rings. The SMILES string of the molecule is CN=C(NCc1ccc(S(=O)(=O)NC)cc1)N1CCCC(CC(N)=O)C1.I. The number of primary amides is 1. The van der Waals surface area contributed by atoms with Crippen LogP contribution in [0.4, 0.5) is 0 Å². The van der Waals surface area contributed by atoms with Crippen molar-refractivity contribution < 1.29 is 13.2 Å². The van der Waals surface area contributed by atoms with E-state index in [1.807, 2.05) is 0 Å². The molecule has 0 aliphatic carbocycles. The van der Waals surface area contributed by atoms with Crippen LogP contribution >= 0.6 is 24.0 Å². The second-order valence-electron chi connectivity index (χ2n) is 6.38. The molecule has 8 nitrogen and oxygen atoms in total. The van der Waals surface area contributed by atoms with Crippen molar-refractivity contribution in [2.45, 2.75) is 30.7 Å². The number of likely N-dealkylation sites (tertiary alicyclic amines) is 1. The average molecular weight is 509 g/mol. The molecule has 1 atom stereocenters. The molecule has 2 rings (SSSR count). The van der Waals surface area contributed by atoms with Crippen LogP contribution in [0.5, 0.6) is 0 Å². The summed E-state index contributed by atoms with van der Waals surface area (Å²) < 4.78 is 25.8. The van der Waals surface area contributed by atoms with Crippen molar-refractivity contribution in [3.05, 3.63) is 29.8 Å². The summed E-state index contributed by atoms with van der Waals surface area (Å²) in [5.41, 5.74) is 6.27. The van der Waals surface area contributed by atoms with Gasteiger partial charge in [0, 0.05) is 33.1 Å². The number of sulfonamides is 1. The Kier molecular flexibility index (Phi) is 9.47. The first-order chi connectivity index (χ1) is 12.4. The van der Waals surface area contributed by atoms with Gasteiger partial charge in [0.1, 0.15) is 0 Å². The number of carbonyl (C=O) groups excluding carboxylic acids is 1. The number of rotatable bonds is 6. The van der Waals surface area contributed by atoms with Crippen LogP contribution in [0.15, 0.2) is 34.2 Å². The van der Waals surface area contributed by atoms with Crippen molar-refractivity contribution in [2.24, 2.45) is 16.6 Å². The number of guanidine groups is 1. The number of benzene rings is 1. The van der Waals surface area contributed by atoms with E-state index in [1.54, 1.807) is 31.3 Å². The Morgan fingerprint density at radius 2 is 2.00 bits per heavy atom. The van der Waals surface area contributed by atoms with E-state index in [9.17, 15) is 13.2 Å². The lowest BCUT2D eigenvalue weighted by atomic mass is 9.95. The van der Waals surface area contributed by atoms with Crippen molar-refractivity contribution >= 4 is 45.9 Å². The number of nitrogens with zero attached hydrogens (tertiary/aromatic N) is 2. The lowest BCUT2D eigenvalue weighted by Crippen LogP contribution is -2.46. The Labute approximate surface area is 178 Å². The van der Waals surface area contributed by atoms with Gasteiger partial charge in [-0.3, -0.25) is 9.79 Å². The minimum atomic E-state index is -3.42. The predicted molar refractivity (Wildman–Crippen MR) is 116 cm³/mol. The fraction of sp³-hybridized carbons (Fsp3) is 0.529. The van der Waals surface area contributed by atoms with Crippen molar-refractivity contribution in [3.63, 3.8) is 0 Å². The van der Waals surface area contributed by atoms with E-state index in [1.165, 1.54) is 7.05 Å². The molecule has 0 spiro atoms. The molecule has 1 aliphatic rings. The molecule has 0 aromatic heterocycles. The largest absolute Gasteiger partial charge is 0.370 e. The van der Waals surface area contributed by atoms with Gasteiger partial charge in [-0.25, -0.2) is 13.1 Å². The molecule has 0 saturated carbocycles. The molecule has 1 fully saturated rings. The highest BCUT2D eigenvalue weighted by Gasteiger charge is 2.23. The van der Waals surface area contributed by atoms with Crippen LogP contribution in [0.3, 0.4) is 0 Å². The maximum Gasteiger partial charge on any atom is 0.240 e. The summed E-state index contributed by atoms with van der Waals surface area (Å²) in [6, 6.07) is 6.71. The van der Waals surface area contributed by atoms with Crippen LogP contribution in [0.1, 0.15) is 24.8 Å². The molecular formula is C17H28IN5O3S. The molecule has 0 radical (unpaired) electrons. The summed E-state index contributed by atoms with van der Waals surface area (Å²) in [6.45, 7) is 2.17. The van der Waals surface area contributed by atoms with Crippen LogP contribution in [-0.4, -0.2) is 52.4 Å². The van der Waals surface area contributed by atoms with Gasteiger partial charge in [0.05, 0.1) is 4.90 Å². The predicted octanol–water partition coefficient (Wildman–Crippen LogP) is 0.875. The number of hydrogen-bond acceptors (Lipinski definition) is 4. The Morgan fingerprint density at radius 3 is 2.56 bits per heavy atom. The molecule has 1 aliphatic heterocycles. The van der Waals surface area contributed by atoms with Gasteiger partial charge < -0.3 is 16.0 Å². The first kappa shape index (κ1) is 23.6. The fourth-order valence-electron chi connectivity index (χ4n) is 3.13. The minimum Gasteiger partial charge on any atom is -0.370 e. The molecule has 4 N–H and O–H groups in total. The molecule has 0 bridgehead atoms. The van der Waals surface area contributed by atoms with Crippen molar-refractivity contribution in [1.82, 2.24) is 14.9 Å². The van der Waals surface area contributed by atoms with E-state index in [2.05, 4.69) is 19.9 Å². The quantitative estimate of drug-likeness (QED) is 0.299. The van der Waals surface area contributed by atoms with E-state index in [0.717, 1.165) is 37.5 Å². The van der Waals surface area contributed by atoms with E-state index in [0.29, 0.717) is 13.0 Å². The monoisotopic (exact) mass is 509 g/mol. The van der Waals surface area contributed by atoms with Crippen molar-refractivity contribution in [3.8, 4) is 0 Å². The summed E-state index contributed by atoms with van der Waals surface area (Å²) in [4.78, 5) is 17.8. The van der Waals surface area contributed by atoms with Gasteiger partial charge in [0.15, 0.2) is 5.96 Å². The zero-order valence-corrected chi connectivity index (χ0v) is 18.8. The number of aliphatic imine (C=N–C) groups is 1. The highest BCUT2D eigenvalue weighted by molar-refractivity contribution is 14.0. The third kappa shape index (κ3) is 6.92. The Balaban J connectivity index is 0.00000364. The molecule has 1 saturated heterocycles. The van der Waals surface area contributed by atoms with Crippen LogP contribution < -0.4 is 15.8 Å². The molecular weight excluding hydrogens is 481 g/mol. The molecule has 1 heterocycles. The Hall–Kier alpha value is -1.40. The zero-order chi connectivity index (χ0) is 19.2. The maximum absolute atomic E-state index is 11.8. The summed E-state index contributed by atoms with van der Waals surface area (Å²) in [5.74, 6) is 0.758. The Morgan fingerprint density at radius 1 is 1.33 bits per heavy atom. The third-order valence-corrected chi connectivity index (χ3v) is 5.90. The third-order valence-electron chi connectivity index (χ3n) is 4.47. The first-order valence-electron chi connectivity index (χ1n) is 8.62. The number of carbonyl (C=O) groups is 1. The number of nitrogens with one attached hydrogen (secondary N) is 2. The molecule has 1 aromatic carbocycles. The van der Waals surface area contributed by atoms with Gasteiger partial charge in [-0.2, -0.15) is 0 Å². The smallest absolute Gasteiger partial charge is 0.240 e. The summed E-state index contributed by atoms with van der Waals surface area (Å²) in [5, 5.41) is 3.30. The van der Waals surface area contributed by atoms with Crippen LogP contribution in [-0.2, 0) is 21.4 Å². The first-order valence-corrected chi connectivity index (χ1v) is 10.1. The van der Waals surface area contributed by atoms with Crippen LogP contribution in [0, 0.1) is 5.92 Å². The molecule has 152 valence electrons. The lowest BCUT2D eigenvalue weighted by Gasteiger charge is -2.34. The number of nitrogens with two attached hydrogens (primary N) is 1. The van der Waals surface area contributed by atoms with E-state index in [4.69, 9.17) is 5.73 Å². The zero-order valence-electron chi connectivity index (χ0n) is 15.6. The number of piperidine rings is 1. The van der Waals surface area contributed by atoms with Gasteiger partial charge in [0.2, 0.25) is 15.9 Å². The number of amides is 1. The normalized spacial score (nSPS) is 17.9. The van der Waals surface area contributed by atoms with Crippen LogP contribution in [0.2, 0.25) is 0 Å². The van der Waals surface area contributed by atoms with Crippen molar-refractivity contribution in [1.29, 1.82) is 0 Å². The van der Waals surface area contributed by atoms with Crippen molar-refractivity contribution in [2.75, 3.05) is 27.2 Å². The summed E-state index contributed by atoms with van der Waals surface area (Å²) >= 11 is 0. The number of halogens is 1. The standard InChI is InChI=1S/C17H27N5O3S.HI/c1-19-17(22-9-3-4-14(12-22)10-16(18)23)21-11-13-5-7-15(8-6-13)26(24,25)20-2;/h5-8,14,20H,3-4,9-12H2,1-2H3,(H2,18,23)(H,19,21);1H. The average Bonchev–Trinajstić information content (AvgIpc) is 2.62. The Bertz CT molecular complexity index is 752. The van der Waals surface area contributed by atoms with Gasteiger partial charge >= 0.3 is 0 Å². The van der Waals surface area contributed by atoms with Gasteiger partial charge in [-0.15, -0.1) is 24.0 Å². The molecule has 1 unspecified atom stereocenters. The minimum absolute atomic E-state index is 0. The second-order valence-corrected chi connectivity index (χ2v) is 8.26. The number of hydrogen-bond donors (Lipinski definition) is 3. The lowest BCUT2D eigenvalue weighted by molar-refractivity contribution is -0.119. The second kappa shape index (κ2) is 10.8. The van der Waals surface area contributed by atoms with Gasteiger partial charge in [-0.05, 0) is 43.5 Å².